The van der Waals surface area contributed by atoms with Crippen molar-refractivity contribution in [2.45, 2.75) is 13.8 Å². The van der Waals surface area contributed by atoms with E-state index >= 15 is 0 Å². The Morgan fingerprint density at radius 2 is 1.95 bits per heavy atom. The van der Waals surface area contributed by atoms with E-state index in [0.717, 1.165) is 21.9 Å². The number of benzene rings is 2. The molecule has 0 bridgehead atoms. The molecule has 2 aromatic carbocycles. The van der Waals surface area contributed by atoms with E-state index in [9.17, 15) is 4.79 Å². The molecule has 0 aliphatic heterocycles. The molecule has 1 heterocycles. The van der Waals surface area contributed by atoms with Gasteiger partial charge in [0.1, 0.15) is 5.76 Å². The second-order valence-electron chi connectivity index (χ2n) is 5.02. The summed E-state index contributed by atoms with van der Waals surface area (Å²) in [6, 6.07) is 13.4. The molecule has 0 radical (unpaired) electrons. The average molecular weight is 359 g/mol. The molecule has 0 unspecified atom stereocenters. The van der Waals surface area contributed by atoms with Gasteiger partial charge in [-0.05, 0) is 41.9 Å². The van der Waals surface area contributed by atoms with Crippen LogP contribution < -0.4 is 0 Å². The smallest absolute Gasteiger partial charge is 0.338 e. The summed E-state index contributed by atoms with van der Waals surface area (Å²) < 4.78 is 11.7. The lowest BCUT2D eigenvalue weighted by Crippen LogP contribution is -2.06. The van der Waals surface area contributed by atoms with Crippen LogP contribution in [0.3, 0.4) is 0 Å². The molecule has 0 fully saturated rings. The van der Waals surface area contributed by atoms with Crippen LogP contribution in [0, 0.1) is 6.92 Å². The highest BCUT2D eigenvalue weighted by molar-refractivity contribution is 9.10. The van der Waals surface area contributed by atoms with Crippen LogP contribution in [0.25, 0.3) is 22.1 Å². The first kappa shape index (κ1) is 14.9. The molecule has 0 atom stereocenters. The number of aryl methyl sites for hydroxylation is 1. The zero-order valence-electron chi connectivity index (χ0n) is 12.4. The highest BCUT2D eigenvalue weighted by Gasteiger charge is 2.19. The maximum absolute atomic E-state index is 12.2. The van der Waals surface area contributed by atoms with Crippen molar-refractivity contribution >= 4 is 32.7 Å². The number of carbonyl (C=O) groups excluding carboxylic acids is 1. The molecule has 3 rings (SSSR count). The van der Waals surface area contributed by atoms with Crippen molar-refractivity contribution in [3.63, 3.8) is 0 Å². The van der Waals surface area contributed by atoms with E-state index in [1.165, 1.54) is 0 Å². The molecule has 3 aromatic rings. The quantitative estimate of drug-likeness (QED) is 0.592. The third kappa shape index (κ3) is 2.55. The second-order valence-corrected chi connectivity index (χ2v) is 5.74. The summed E-state index contributed by atoms with van der Waals surface area (Å²) in [5.41, 5.74) is 2.40. The Morgan fingerprint density at radius 3 is 2.73 bits per heavy atom. The number of esters is 1. The summed E-state index contributed by atoms with van der Waals surface area (Å²) in [5, 5.41) is 1.96. The van der Waals surface area contributed by atoms with Crippen molar-refractivity contribution in [3.8, 4) is 11.3 Å². The molecule has 112 valence electrons. The SMILES string of the molecule is CCOC(=O)c1ccccc1-c1oc(Br)c2cc(C)ccc12. The van der Waals surface area contributed by atoms with Crippen LogP contribution >= 0.6 is 15.9 Å². The van der Waals surface area contributed by atoms with Gasteiger partial charge in [0, 0.05) is 16.3 Å². The Labute approximate surface area is 137 Å². The molecule has 0 aliphatic rings. The zero-order valence-corrected chi connectivity index (χ0v) is 13.9. The van der Waals surface area contributed by atoms with Gasteiger partial charge in [-0.15, -0.1) is 0 Å². The normalized spacial score (nSPS) is 10.9. The molecule has 0 saturated carbocycles. The fraction of sp³-hybridized carbons (Fsp3) is 0.167. The van der Waals surface area contributed by atoms with Gasteiger partial charge in [-0.2, -0.15) is 0 Å². The van der Waals surface area contributed by atoms with E-state index in [0.29, 0.717) is 22.6 Å². The lowest BCUT2D eigenvalue weighted by molar-refractivity contribution is 0.0527. The van der Waals surface area contributed by atoms with Crippen LogP contribution in [0.15, 0.2) is 51.6 Å². The van der Waals surface area contributed by atoms with Crippen molar-refractivity contribution in [3.05, 3.63) is 58.3 Å². The van der Waals surface area contributed by atoms with Crippen LogP contribution in [-0.4, -0.2) is 12.6 Å². The Hall–Kier alpha value is -2.07. The number of hydrogen-bond acceptors (Lipinski definition) is 3. The summed E-state index contributed by atoms with van der Waals surface area (Å²) >= 11 is 3.46. The molecule has 0 N–H and O–H groups in total. The number of ether oxygens (including phenoxy) is 1. The first-order chi connectivity index (χ1) is 10.6. The number of carbonyl (C=O) groups is 1. The van der Waals surface area contributed by atoms with Gasteiger partial charge in [-0.1, -0.05) is 35.9 Å². The number of furan rings is 1. The van der Waals surface area contributed by atoms with E-state index < -0.39 is 0 Å². The third-order valence-corrected chi connectivity index (χ3v) is 4.08. The maximum atomic E-state index is 12.2. The number of hydrogen-bond donors (Lipinski definition) is 0. The van der Waals surface area contributed by atoms with Crippen LogP contribution in [0.1, 0.15) is 22.8 Å². The average Bonchev–Trinajstić information content (AvgIpc) is 2.84. The van der Waals surface area contributed by atoms with Crippen molar-refractivity contribution in [2.24, 2.45) is 0 Å². The minimum Gasteiger partial charge on any atom is -0.462 e. The fourth-order valence-corrected chi connectivity index (χ4v) is 2.98. The molecular weight excluding hydrogens is 344 g/mol. The van der Waals surface area contributed by atoms with E-state index in [1.807, 2.05) is 37.3 Å². The van der Waals surface area contributed by atoms with Crippen LogP contribution in [0.2, 0.25) is 0 Å². The molecule has 1 aromatic heterocycles. The lowest BCUT2D eigenvalue weighted by Gasteiger charge is -2.07. The molecule has 4 heteroatoms. The van der Waals surface area contributed by atoms with Crippen LogP contribution in [0.5, 0.6) is 0 Å². The molecule has 0 aliphatic carbocycles. The van der Waals surface area contributed by atoms with Crippen molar-refractivity contribution < 1.29 is 13.9 Å². The minimum atomic E-state index is -0.342. The van der Waals surface area contributed by atoms with Gasteiger partial charge in [0.05, 0.1) is 12.2 Å². The largest absolute Gasteiger partial charge is 0.462 e. The standard InChI is InChI=1S/C18H15BrO3/c1-3-21-18(20)14-7-5-4-6-12(14)16-13-9-8-11(2)10-15(13)17(19)22-16/h4-10H,3H2,1-2H3. The topological polar surface area (TPSA) is 39.4 Å². The fourth-order valence-electron chi connectivity index (χ4n) is 2.49. The van der Waals surface area contributed by atoms with E-state index in [-0.39, 0.29) is 5.97 Å². The lowest BCUT2D eigenvalue weighted by atomic mass is 10.0. The molecule has 3 nitrogen and oxygen atoms in total. The summed E-state index contributed by atoms with van der Waals surface area (Å²) in [6.07, 6.45) is 0. The van der Waals surface area contributed by atoms with E-state index in [1.54, 1.807) is 13.0 Å². The van der Waals surface area contributed by atoms with Gasteiger partial charge in [0.25, 0.3) is 0 Å². The molecule has 0 amide bonds. The van der Waals surface area contributed by atoms with Gasteiger partial charge in [0.2, 0.25) is 0 Å². The number of fused-ring (bicyclic) bond motifs is 1. The van der Waals surface area contributed by atoms with Gasteiger partial charge in [-0.3, -0.25) is 0 Å². The van der Waals surface area contributed by atoms with E-state index in [2.05, 4.69) is 22.0 Å². The highest BCUT2D eigenvalue weighted by atomic mass is 79.9. The summed E-state index contributed by atoms with van der Waals surface area (Å²) in [4.78, 5) is 12.2. The summed E-state index contributed by atoms with van der Waals surface area (Å²) in [5.74, 6) is 0.330. The monoisotopic (exact) mass is 358 g/mol. The Morgan fingerprint density at radius 1 is 1.18 bits per heavy atom. The maximum Gasteiger partial charge on any atom is 0.338 e. The third-order valence-electron chi connectivity index (χ3n) is 3.49. The van der Waals surface area contributed by atoms with Crippen LogP contribution in [0.4, 0.5) is 0 Å². The summed E-state index contributed by atoms with van der Waals surface area (Å²) in [6.45, 7) is 4.17. The predicted octanol–water partition coefficient (Wildman–Crippen LogP) is 5.35. The first-order valence-electron chi connectivity index (χ1n) is 7.07. The Kier molecular flexibility index (Phi) is 4.03. The van der Waals surface area contributed by atoms with Gasteiger partial charge in [-0.25, -0.2) is 4.79 Å². The van der Waals surface area contributed by atoms with E-state index in [4.69, 9.17) is 9.15 Å². The van der Waals surface area contributed by atoms with Gasteiger partial charge in [0.15, 0.2) is 4.67 Å². The highest BCUT2D eigenvalue weighted by Crippen LogP contribution is 2.38. The molecular formula is C18H15BrO3. The minimum absolute atomic E-state index is 0.342. The summed E-state index contributed by atoms with van der Waals surface area (Å²) in [7, 11) is 0. The van der Waals surface area contributed by atoms with Crippen molar-refractivity contribution in [2.75, 3.05) is 6.61 Å². The molecule has 0 spiro atoms. The van der Waals surface area contributed by atoms with Crippen LogP contribution in [-0.2, 0) is 4.74 Å². The van der Waals surface area contributed by atoms with Crippen molar-refractivity contribution in [1.29, 1.82) is 0 Å². The zero-order chi connectivity index (χ0) is 15.7. The Bertz CT molecular complexity index is 849. The Balaban J connectivity index is 2.22. The molecule has 0 saturated heterocycles. The molecule has 22 heavy (non-hydrogen) atoms. The van der Waals surface area contributed by atoms with Gasteiger partial charge >= 0.3 is 5.97 Å². The number of halogens is 1. The van der Waals surface area contributed by atoms with Crippen molar-refractivity contribution in [1.82, 2.24) is 0 Å². The first-order valence-corrected chi connectivity index (χ1v) is 7.86. The van der Waals surface area contributed by atoms with Gasteiger partial charge < -0.3 is 9.15 Å². The number of rotatable bonds is 3. The predicted molar refractivity (Wildman–Crippen MR) is 90.0 cm³/mol. The second kappa shape index (κ2) is 5.97.